The Balaban J connectivity index is 2.15. The first-order chi connectivity index (χ1) is 12.0. The molecule has 140 valence electrons. The van der Waals surface area contributed by atoms with E-state index in [1.54, 1.807) is 0 Å². The van der Waals surface area contributed by atoms with Crippen molar-refractivity contribution in [2.75, 3.05) is 17.3 Å². The van der Waals surface area contributed by atoms with Crippen LogP contribution in [0.25, 0.3) is 11.1 Å². The standard InChI is InChI=1S/C15H9ClF6N2O2/c16-8-2-1-3-10(25-14(17,18)19)12(8)7-4-9-13(24-6-23-9)11(5-7)26-15(20,21)22/h1-5,23-24H,6H2. The molecule has 1 aliphatic heterocycles. The molecule has 3 rings (SSSR count). The van der Waals surface area contributed by atoms with Crippen molar-refractivity contribution in [3.8, 4) is 22.6 Å². The second-order valence-corrected chi connectivity index (χ2v) is 5.54. The van der Waals surface area contributed by atoms with Crippen LogP contribution in [0, 0.1) is 0 Å². The van der Waals surface area contributed by atoms with Gasteiger partial charge in [-0.15, -0.1) is 26.3 Å². The number of hydrogen-bond donors (Lipinski definition) is 2. The van der Waals surface area contributed by atoms with Crippen molar-refractivity contribution in [1.29, 1.82) is 0 Å². The van der Waals surface area contributed by atoms with E-state index in [1.165, 1.54) is 18.2 Å². The number of alkyl halides is 6. The van der Waals surface area contributed by atoms with Gasteiger partial charge in [-0.2, -0.15) is 0 Å². The smallest absolute Gasteiger partial charge is 0.405 e. The molecule has 0 bridgehead atoms. The third kappa shape index (κ3) is 4.01. The minimum Gasteiger partial charge on any atom is -0.405 e. The maximum absolute atomic E-state index is 12.7. The second kappa shape index (κ2) is 6.35. The summed E-state index contributed by atoms with van der Waals surface area (Å²) in [5.74, 6) is -1.25. The Morgan fingerprint density at radius 3 is 2.19 bits per heavy atom. The summed E-state index contributed by atoms with van der Waals surface area (Å²) in [6.07, 6.45) is -9.98. The molecule has 0 atom stereocenters. The fraction of sp³-hybridized carbons (Fsp3) is 0.200. The zero-order chi connectivity index (χ0) is 19.1. The summed E-state index contributed by atoms with van der Waals surface area (Å²) in [6.45, 7) is 0.126. The van der Waals surface area contributed by atoms with Gasteiger partial charge in [-0.1, -0.05) is 17.7 Å². The van der Waals surface area contributed by atoms with Crippen molar-refractivity contribution in [3.05, 3.63) is 35.4 Å². The van der Waals surface area contributed by atoms with Gasteiger partial charge in [0.2, 0.25) is 0 Å². The normalized spacial score (nSPS) is 13.7. The predicted octanol–water partition coefficient (Wildman–Crippen LogP) is 5.60. The lowest BCUT2D eigenvalue weighted by atomic mass is 10.0. The molecular weight excluding hydrogens is 390 g/mol. The summed E-state index contributed by atoms with van der Waals surface area (Å²) in [5, 5.41) is 5.29. The van der Waals surface area contributed by atoms with E-state index in [-0.39, 0.29) is 34.2 Å². The Hall–Kier alpha value is -2.49. The molecule has 0 fully saturated rings. The highest BCUT2D eigenvalue weighted by molar-refractivity contribution is 6.33. The summed E-state index contributed by atoms with van der Waals surface area (Å²) in [6, 6.07) is 5.83. The van der Waals surface area contributed by atoms with Crippen LogP contribution in [0.3, 0.4) is 0 Å². The maximum Gasteiger partial charge on any atom is 0.573 e. The minimum absolute atomic E-state index is 0.0379. The Bertz CT molecular complexity index is 838. The van der Waals surface area contributed by atoms with Crippen LogP contribution in [0.1, 0.15) is 0 Å². The molecule has 0 saturated carbocycles. The SMILES string of the molecule is FC(F)(F)Oc1cc(-c2c(Cl)cccc2OC(F)(F)F)cc2c1NCN2. The first-order valence-corrected chi connectivity index (χ1v) is 7.37. The summed E-state index contributed by atoms with van der Waals surface area (Å²) < 4.78 is 83.8. The average molecular weight is 399 g/mol. The van der Waals surface area contributed by atoms with Crippen LogP contribution in [0.2, 0.25) is 5.02 Å². The van der Waals surface area contributed by atoms with E-state index in [0.29, 0.717) is 0 Å². The van der Waals surface area contributed by atoms with E-state index >= 15 is 0 Å². The molecular formula is C15H9ClF6N2O2. The van der Waals surface area contributed by atoms with E-state index in [2.05, 4.69) is 20.1 Å². The quantitative estimate of drug-likeness (QED) is 0.661. The lowest BCUT2D eigenvalue weighted by molar-refractivity contribution is -0.275. The highest BCUT2D eigenvalue weighted by Gasteiger charge is 2.35. The van der Waals surface area contributed by atoms with Crippen LogP contribution in [-0.2, 0) is 0 Å². The molecule has 0 spiro atoms. The number of anilines is 2. The van der Waals surface area contributed by atoms with Gasteiger partial charge in [0.25, 0.3) is 0 Å². The lowest BCUT2D eigenvalue weighted by Gasteiger charge is -2.17. The van der Waals surface area contributed by atoms with Gasteiger partial charge in [0.05, 0.1) is 17.4 Å². The van der Waals surface area contributed by atoms with Crippen molar-refractivity contribution in [1.82, 2.24) is 0 Å². The number of fused-ring (bicyclic) bond motifs is 1. The highest BCUT2D eigenvalue weighted by Crippen LogP contribution is 2.46. The largest absolute Gasteiger partial charge is 0.573 e. The van der Waals surface area contributed by atoms with Gasteiger partial charge in [-0.3, -0.25) is 0 Å². The van der Waals surface area contributed by atoms with Gasteiger partial charge in [-0.05, 0) is 29.8 Å². The molecule has 2 aromatic rings. The Morgan fingerprint density at radius 1 is 0.885 bits per heavy atom. The van der Waals surface area contributed by atoms with Crippen LogP contribution in [0.15, 0.2) is 30.3 Å². The van der Waals surface area contributed by atoms with Crippen LogP contribution in [0.4, 0.5) is 37.7 Å². The number of rotatable bonds is 3. The fourth-order valence-corrected chi connectivity index (χ4v) is 2.78. The third-order valence-electron chi connectivity index (χ3n) is 3.36. The summed E-state index contributed by atoms with van der Waals surface area (Å²) in [5.41, 5.74) is 0.00936. The van der Waals surface area contributed by atoms with E-state index in [9.17, 15) is 26.3 Å². The van der Waals surface area contributed by atoms with Gasteiger partial charge >= 0.3 is 12.7 Å². The van der Waals surface area contributed by atoms with Gasteiger partial charge in [-0.25, -0.2) is 0 Å². The topological polar surface area (TPSA) is 42.5 Å². The van der Waals surface area contributed by atoms with Crippen molar-refractivity contribution in [3.63, 3.8) is 0 Å². The number of benzene rings is 2. The molecule has 0 saturated heterocycles. The molecule has 0 amide bonds. The van der Waals surface area contributed by atoms with Crippen LogP contribution in [-0.4, -0.2) is 19.4 Å². The van der Waals surface area contributed by atoms with E-state index < -0.39 is 24.2 Å². The maximum atomic E-state index is 12.7. The fourth-order valence-electron chi connectivity index (χ4n) is 2.51. The molecule has 0 radical (unpaired) electrons. The second-order valence-electron chi connectivity index (χ2n) is 5.14. The van der Waals surface area contributed by atoms with Crippen molar-refractivity contribution in [2.45, 2.75) is 12.7 Å². The lowest BCUT2D eigenvalue weighted by Crippen LogP contribution is -2.18. The zero-order valence-electron chi connectivity index (χ0n) is 12.6. The zero-order valence-corrected chi connectivity index (χ0v) is 13.3. The summed E-state index contributed by atoms with van der Waals surface area (Å²) in [7, 11) is 0. The Morgan fingerprint density at radius 2 is 1.54 bits per heavy atom. The summed E-state index contributed by atoms with van der Waals surface area (Å²) in [4.78, 5) is 0. The van der Waals surface area contributed by atoms with Gasteiger partial charge < -0.3 is 20.1 Å². The third-order valence-corrected chi connectivity index (χ3v) is 3.68. The van der Waals surface area contributed by atoms with Gasteiger partial charge in [0.15, 0.2) is 5.75 Å². The van der Waals surface area contributed by atoms with Crippen LogP contribution >= 0.6 is 11.6 Å². The number of ether oxygens (including phenoxy) is 2. The number of nitrogens with one attached hydrogen (secondary N) is 2. The molecule has 11 heteroatoms. The van der Waals surface area contributed by atoms with Crippen LogP contribution in [0.5, 0.6) is 11.5 Å². The molecule has 4 nitrogen and oxygen atoms in total. The Labute approximate surface area is 147 Å². The van der Waals surface area contributed by atoms with Crippen molar-refractivity contribution in [2.24, 2.45) is 0 Å². The molecule has 26 heavy (non-hydrogen) atoms. The van der Waals surface area contributed by atoms with E-state index in [1.807, 2.05) is 0 Å². The molecule has 2 aromatic carbocycles. The Kier molecular flexibility index (Phi) is 4.47. The summed E-state index contributed by atoms with van der Waals surface area (Å²) >= 11 is 5.98. The molecule has 0 aliphatic carbocycles. The first-order valence-electron chi connectivity index (χ1n) is 7.00. The monoisotopic (exact) mass is 398 g/mol. The number of hydrogen-bond acceptors (Lipinski definition) is 4. The minimum atomic E-state index is -5.00. The van der Waals surface area contributed by atoms with Gasteiger partial charge in [0, 0.05) is 5.56 Å². The molecule has 0 unspecified atom stereocenters. The van der Waals surface area contributed by atoms with Crippen molar-refractivity contribution >= 4 is 23.0 Å². The molecule has 2 N–H and O–H groups in total. The van der Waals surface area contributed by atoms with E-state index in [0.717, 1.165) is 12.1 Å². The number of halogens is 7. The first kappa shape index (κ1) is 18.3. The van der Waals surface area contributed by atoms with E-state index in [4.69, 9.17) is 11.6 Å². The molecule has 1 heterocycles. The molecule has 0 aromatic heterocycles. The average Bonchev–Trinajstić information content (AvgIpc) is 2.92. The predicted molar refractivity (Wildman–Crippen MR) is 82.4 cm³/mol. The van der Waals surface area contributed by atoms with Gasteiger partial charge in [0.1, 0.15) is 11.4 Å². The molecule has 1 aliphatic rings. The van der Waals surface area contributed by atoms with Crippen LogP contribution < -0.4 is 20.1 Å². The highest BCUT2D eigenvalue weighted by atomic mass is 35.5. The van der Waals surface area contributed by atoms with Crippen molar-refractivity contribution < 1.29 is 35.8 Å².